The van der Waals surface area contributed by atoms with Crippen LogP contribution in [0.5, 0.6) is 0 Å². The second-order valence-electron chi connectivity index (χ2n) is 5.75. The predicted molar refractivity (Wildman–Crippen MR) is 92.9 cm³/mol. The predicted octanol–water partition coefficient (Wildman–Crippen LogP) is 1.13. The van der Waals surface area contributed by atoms with Crippen LogP contribution < -0.4 is 10.6 Å². The molecule has 8 heteroatoms. The fraction of sp³-hybridized carbons (Fsp3) is 0.529. The Morgan fingerprint density at radius 2 is 1.84 bits per heavy atom. The third kappa shape index (κ3) is 6.67. The lowest BCUT2D eigenvalue weighted by atomic mass is 10.3. The van der Waals surface area contributed by atoms with Gasteiger partial charge in [-0.2, -0.15) is 0 Å². The maximum absolute atomic E-state index is 12.8. The van der Waals surface area contributed by atoms with Gasteiger partial charge in [-0.3, -0.25) is 9.69 Å². The number of piperazine rings is 1. The van der Waals surface area contributed by atoms with Crippen molar-refractivity contribution in [3.8, 4) is 0 Å². The van der Waals surface area contributed by atoms with E-state index in [9.17, 15) is 14.0 Å². The average Bonchev–Trinajstić information content (AvgIpc) is 2.61. The van der Waals surface area contributed by atoms with Crippen molar-refractivity contribution in [2.75, 3.05) is 57.8 Å². The Kier molecular flexibility index (Phi) is 7.62. The van der Waals surface area contributed by atoms with E-state index in [2.05, 4.69) is 10.6 Å². The lowest BCUT2D eigenvalue weighted by Crippen LogP contribution is -2.53. The first-order valence-corrected chi connectivity index (χ1v) is 8.46. The van der Waals surface area contributed by atoms with Gasteiger partial charge in [0.15, 0.2) is 0 Å². The number of hydrogen-bond donors (Lipinski definition) is 2. The van der Waals surface area contributed by atoms with Crippen LogP contribution in [0.25, 0.3) is 0 Å². The van der Waals surface area contributed by atoms with E-state index >= 15 is 0 Å². The first-order chi connectivity index (χ1) is 12.1. The van der Waals surface area contributed by atoms with E-state index in [1.54, 1.807) is 4.90 Å². The molecule has 7 nitrogen and oxygen atoms in total. The number of rotatable bonds is 7. The molecule has 1 aliphatic rings. The van der Waals surface area contributed by atoms with E-state index in [1.165, 1.54) is 24.3 Å². The molecule has 0 bridgehead atoms. The van der Waals surface area contributed by atoms with Crippen molar-refractivity contribution < 1.29 is 18.7 Å². The Hall–Kier alpha value is -2.19. The zero-order valence-electron chi connectivity index (χ0n) is 14.5. The normalized spacial score (nSPS) is 15.0. The molecule has 1 saturated heterocycles. The summed E-state index contributed by atoms with van der Waals surface area (Å²) in [6.07, 6.45) is 0. The summed E-state index contributed by atoms with van der Waals surface area (Å²) < 4.78 is 18.0. The number of halogens is 1. The van der Waals surface area contributed by atoms with Gasteiger partial charge in [-0.1, -0.05) is 0 Å². The van der Waals surface area contributed by atoms with E-state index in [4.69, 9.17) is 4.74 Å². The number of benzene rings is 1. The molecule has 0 aliphatic carbocycles. The molecule has 0 radical (unpaired) electrons. The maximum Gasteiger partial charge on any atom is 0.317 e. The van der Waals surface area contributed by atoms with Crippen molar-refractivity contribution in [1.82, 2.24) is 15.1 Å². The van der Waals surface area contributed by atoms with E-state index in [0.717, 1.165) is 0 Å². The van der Waals surface area contributed by atoms with Crippen LogP contribution in [-0.4, -0.2) is 74.2 Å². The summed E-state index contributed by atoms with van der Waals surface area (Å²) in [6, 6.07) is 5.56. The molecule has 1 heterocycles. The first kappa shape index (κ1) is 19.1. The van der Waals surface area contributed by atoms with Gasteiger partial charge in [-0.25, -0.2) is 9.18 Å². The Bertz CT molecular complexity index is 560. The SMILES string of the molecule is CCOCCNC(=O)N1CCN(CC(=O)Nc2ccc(F)cc2)CC1. The van der Waals surface area contributed by atoms with Gasteiger partial charge in [0.1, 0.15) is 5.82 Å². The number of urea groups is 1. The fourth-order valence-electron chi connectivity index (χ4n) is 2.53. The minimum Gasteiger partial charge on any atom is -0.380 e. The van der Waals surface area contributed by atoms with Gasteiger partial charge in [0.05, 0.1) is 13.2 Å². The van der Waals surface area contributed by atoms with Gasteiger partial charge in [0, 0.05) is 45.0 Å². The van der Waals surface area contributed by atoms with Crippen molar-refractivity contribution in [1.29, 1.82) is 0 Å². The number of amides is 3. The van der Waals surface area contributed by atoms with Crippen molar-refractivity contribution in [2.24, 2.45) is 0 Å². The van der Waals surface area contributed by atoms with Crippen LogP contribution in [0.15, 0.2) is 24.3 Å². The zero-order valence-corrected chi connectivity index (χ0v) is 14.5. The van der Waals surface area contributed by atoms with E-state index in [-0.39, 0.29) is 24.3 Å². The summed E-state index contributed by atoms with van der Waals surface area (Å²) in [4.78, 5) is 27.7. The molecule has 2 N–H and O–H groups in total. The van der Waals surface area contributed by atoms with Crippen molar-refractivity contribution >= 4 is 17.6 Å². The lowest BCUT2D eigenvalue weighted by Gasteiger charge is -2.34. The number of nitrogens with zero attached hydrogens (tertiary/aromatic N) is 2. The molecule has 25 heavy (non-hydrogen) atoms. The lowest BCUT2D eigenvalue weighted by molar-refractivity contribution is -0.117. The molecule has 1 aromatic rings. The second kappa shape index (κ2) is 9.95. The average molecular weight is 352 g/mol. The summed E-state index contributed by atoms with van der Waals surface area (Å²) in [6.45, 7) is 6.21. The molecular formula is C17H25FN4O3. The summed E-state index contributed by atoms with van der Waals surface area (Å²) in [7, 11) is 0. The highest BCUT2D eigenvalue weighted by Crippen LogP contribution is 2.09. The quantitative estimate of drug-likeness (QED) is 0.722. The Labute approximate surface area is 147 Å². The molecule has 1 fully saturated rings. The van der Waals surface area contributed by atoms with Crippen molar-refractivity contribution in [3.63, 3.8) is 0 Å². The molecular weight excluding hydrogens is 327 g/mol. The standard InChI is InChI=1S/C17H25FN4O3/c1-2-25-12-7-19-17(24)22-10-8-21(9-11-22)13-16(23)20-15-5-3-14(18)4-6-15/h3-6H,2,7-13H2,1H3,(H,19,24)(H,20,23). The highest BCUT2D eigenvalue weighted by Gasteiger charge is 2.22. The van der Waals surface area contributed by atoms with Gasteiger partial charge in [-0.15, -0.1) is 0 Å². The van der Waals surface area contributed by atoms with Crippen LogP contribution in [0.3, 0.4) is 0 Å². The van der Waals surface area contributed by atoms with Crippen LogP contribution in [0.4, 0.5) is 14.9 Å². The minimum absolute atomic E-state index is 0.102. The fourth-order valence-corrected chi connectivity index (χ4v) is 2.53. The molecule has 0 atom stereocenters. The van der Waals surface area contributed by atoms with Gasteiger partial charge in [0.2, 0.25) is 5.91 Å². The molecule has 0 aromatic heterocycles. The molecule has 0 saturated carbocycles. The van der Waals surface area contributed by atoms with Crippen LogP contribution >= 0.6 is 0 Å². The van der Waals surface area contributed by atoms with Crippen LogP contribution in [-0.2, 0) is 9.53 Å². The van der Waals surface area contributed by atoms with E-state index in [1.807, 2.05) is 11.8 Å². The van der Waals surface area contributed by atoms with Gasteiger partial charge >= 0.3 is 6.03 Å². The van der Waals surface area contributed by atoms with Crippen LogP contribution in [0.1, 0.15) is 6.92 Å². The highest BCUT2D eigenvalue weighted by molar-refractivity contribution is 5.92. The van der Waals surface area contributed by atoms with E-state index < -0.39 is 0 Å². The zero-order chi connectivity index (χ0) is 18.1. The van der Waals surface area contributed by atoms with Crippen LogP contribution in [0, 0.1) is 5.82 Å². The van der Waals surface area contributed by atoms with Gasteiger partial charge in [0.25, 0.3) is 0 Å². The summed E-state index contributed by atoms with van der Waals surface area (Å²) in [5, 5.41) is 5.55. The third-order valence-electron chi connectivity index (χ3n) is 3.88. The summed E-state index contributed by atoms with van der Waals surface area (Å²) >= 11 is 0. The van der Waals surface area contributed by atoms with Crippen molar-refractivity contribution in [2.45, 2.75) is 6.92 Å². The van der Waals surface area contributed by atoms with E-state index in [0.29, 0.717) is 51.6 Å². The number of hydrogen-bond acceptors (Lipinski definition) is 4. The first-order valence-electron chi connectivity index (χ1n) is 8.46. The molecule has 1 aliphatic heterocycles. The highest BCUT2D eigenvalue weighted by atomic mass is 19.1. The topological polar surface area (TPSA) is 73.9 Å². The minimum atomic E-state index is -0.339. The van der Waals surface area contributed by atoms with Gasteiger partial charge < -0.3 is 20.3 Å². The van der Waals surface area contributed by atoms with Crippen LogP contribution in [0.2, 0.25) is 0 Å². The number of ether oxygens (including phenoxy) is 1. The Balaban J connectivity index is 1.66. The third-order valence-corrected chi connectivity index (χ3v) is 3.88. The molecule has 0 spiro atoms. The summed E-state index contributed by atoms with van der Waals surface area (Å²) in [5.74, 6) is -0.491. The van der Waals surface area contributed by atoms with Gasteiger partial charge in [-0.05, 0) is 31.2 Å². The monoisotopic (exact) mass is 352 g/mol. The molecule has 3 amide bonds. The number of carbonyl (C=O) groups excluding carboxylic acids is 2. The Morgan fingerprint density at radius 3 is 2.48 bits per heavy atom. The van der Waals surface area contributed by atoms with Crippen molar-refractivity contribution in [3.05, 3.63) is 30.1 Å². The summed E-state index contributed by atoms with van der Waals surface area (Å²) in [5.41, 5.74) is 0.568. The number of carbonyl (C=O) groups is 2. The maximum atomic E-state index is 12.8. The molecule has 138 valence electrons. The Morgan fingerprint density at radius 1 is 1.16 bits per heavy atom. The second-order valence-corrected chi connectivity index (χ2v) is 5.75. The molecule has 2 rings (SSSR count). The number of nitrogens with one attached hydrogen (secondary N) is 2. The molecule has 0 unspecified atom stereocenters. The number of anilines is 1. The smallest absolute Gasteiger partial charge is 0.317 e. The largest absolute Gasteiger partial charge is 0.380 e. The molecule has 1 aromatic carbocycles.